The highest BCUT2D eigenvalue weighted by Crippen LogP contribution is 2.20. The van der Waals surface area contributed by atoms with E-state index in [9.17, 15) is 18.3 Å². The summed E-state index contributed by atoms with van der Waals surface area (Å²) >= 11 is 0. The normalized spacial score (nSPS) is 20.1. The van der Waals surface area contributed by atoms with Gasteiger partial charge in [0, 0.05) is 32.0 Å². The van der Waals surface area contributed by atoms with Crippen LogP contribution in [0.3, 0.4) is 0 Å². The summed E-state index contributed by atoms with van der Waals surface area (Å²) in [6.07, 6.45) is 4.03. The van der Waals surface area contributed by atoms with Crippen molar-refractivity contribution in [1.29, 1.82) is 0 Å². The summed E-state index contributed by atoms with van der Waals surface area (Å²) in [5.74, 6) is 0.302. The maximum atomic E-state index is 12.2. The molecule has 130 valence electrons. The van der Waals surface area contributed by atoms with E-state index >= 15 is 0 Å². The number of amides is 1. The fraction of sp³-hybridized carbons (Fsp3) is 0.667. The second-order valence-electron chi connectivity index (χ2n) is 6.41. The van der Waals surface area contributed by atoms with E-state index in [-0.39, 0.29) is 18.4 Å². The van der Waals surface area contributed by atoms with Crippen molar-refractivity contribution in [1.82, 2.24) is 9.62 Å². The molecule has 1 aliphatic heterocycles. The number of furan rings is 1. The maximum Gasteiger partial charge on any atom is 0.223 e. The van der Waals surface area contributed by atoms with Crippen LogP contribution in [-0.4, -0.2) is 55.2 Å². The van der Waals surface area contributed by atoms with Gasteiger partial charge >= 0.3 is 0 Å². The molecule has 1 aromatic rings. The predicted molar refractivity (Wildman–Crippen MR) is 85.2 cm³/mol. The molecule has 0 saturated carbocycles. The summed E-state index contributed by atoms with van der Waals surface area (Å²) in [5, 5.41) is 13.1. The van der Waals surface area contributed by atoms with Crippen LogP contribution >= 0.6 is 0 Å². The van der Waals surface area contributed by atoms with Crippen LogP contribution in [-0.2, 0) is 21.2 Å². The smallest absolute Gasteiger partial charge is 0.223 e. The molecular weight excluding hydrogens is 320 g/mol. The van der Waals surface area contributed by atoms with Crippen LogP contribution in [0.1, 0.15) is 25.5 Å². The SMILES string of the molecule is CC(O)(CNC(=O)C1CCN(S(C)(=O)=O)CC1)Cc1ccco1. The van der Waals surface area contributed by atoms with Crippen molar-refractivity contribution in [3.63, 3.8) is 0 Å². The number of aliphatic hydroxyl groups is 1. The lowest BCUT2D eigenvalue weighted by Crippen LogP contribution is -2.47. The van der Waals surface area contributed by atoms with E-state index in [2.05, 4.69) is 5.32 Å². The number of hydrogen-bond acceptors (Lipinski definition) is 5. The van der Waals surface area contributed by atoms with E-state index in [1.165, 1.54) is 10.6 Å². The van der Waals surface area contributed by atoms with Gasteiger partial charge in [0.15, 0.2) is 0 Å². The van der Waals surface area contributed by atoms with Gasteiger partial charge in [-0.1, -0.05) is 0 Å². The molecule has 0 aliphatic carbocycles. The van der Waals surface area contributed by atoms with Crippen molar-refractivity contribution in [2.45, 2.75) is 31.8 Å². The lowest BCUT2D eigenvalue weighted by Gasteiger charge is -2.30. The summed E-state index contributed by atoms with van der Waals surface area (Å²) in [5.41, 5.74) is -1.10. The Morgan fingerprint density at radius 1 is 1.48 bits per heavy atom. The zero-order chi connectivity index (χ0) is 17.1. The molecule has 1 amide bonds. The standard InChI is InChI=1S/C15H24N2O5S/c1-15(19,10-13-4-3-9-22-13)11-16-14(18)12-5-7-17(8-6-12)23(2,20)21/h3-4,9,12,19H,5-8,10-11H2,1-2H3,(H,16,18). The number of carbonyl (C=O) groups excluding carboxylic acids is 1. The lowest BCUT2D eigenvalue weighted by molar-refractivity contribution is -0.127. The summed E-state index contributed by atoms with van der Waals surface area (Å²) < 4.78 is 29.5. The van der Waals surface area contributed by atoms with E-state index < -0.39 is 15.6 Å². The van der Waals surface area contributed by atoms with Gasteiger partial charge in [-0.15, -0.1) is 0 Å². The van der Waals surface area contributed by atoms with Crippen molar-refractivity contribution < 1.29 is 22.7 Å². The molecule has 0 radical (unpaired) electrons. The molecule has 1 atom stereocenters. The topological polar surface area (TPSA) is 99.9 Å². The second kappa shape index (κ2) is 7.02. The quantitative estimate of drug-likeness (QED) is 0.776. The monoisotopic (exact) mass is 344 g/mol. The van der Waals surface area contributed by atoms with Crippen LogP contribution in [0.5, 0.6) is 0 Å². The number of piperidine rings is 1. The van der Waals surface area contributed by atoms with Gasteiger partial charge in [0.2, 0.25) is 15.9 Å². The molecule has 0 bridgehead atoms. The third kappa shape index (κ3) is 5.33. The van der Waals surface area contributed by atoms with E-state index in [0.29, 0.717) is 38.1 Å². The Morgan fingerprint density at radius 2 is 2.13 bits per heavy atom. The minimum Gasteiger partial charge on any atom is -0.469 e. The van der Waals surface area contributed by atoms with Gasteiger partial charge in [0.05, 0.1) is 18.1 Å². The summed E-state index contributed by atoms with van der Waals surface area (Å²) in [7, 11) is -3.19. The molecule has 1 saturated heterocycles. The van der Waals surface area contributed by atoms with Crippen LogP contribution in [0.15, 0.2) is 22.8 Å². The first-order valence-corrected chi connectivity index (χ1v) is 9.50. The zero-order valence-electron chi connectivity index (χ0n) is 13.5. The molecular formula is C15H24N2O5S. The fourth-order valence-electron chi connectivity index (χ4n) is 2.72. The number of hydrogen-bond donors (Lipinski definition) is 2. The average molecular weight is 344 g/mol. The van der Waals surface area contributed by atoms with Crippen LogP contribution < -0.4 is 5.32 Å². The van der Waals surface area contributed by atoms with Gasteiger partial charge in [0.25, 0.3) is 0 Å². The Kier molecular flexibility index (Phi) is 5.49. The molecule has 2 rings (SSSR count). The summed E-state index contributed by atoms with van der Waals surface area (Å²) in [4.78, 5) is 12.2. The first-order chi connectivity index (χ1) is 10.7. The average Bonchev–Trinajstić information content (AvgIpc) is 2.96. The Labute approximate surface area is 136 Å². The molecule has 0 spiro atoms. The Hall–Kier alpha value is -1.38. The number of carbonyl (C=O) groups is 1. The summed E-state index contributed by atoms with van der Waals surface area (Å²) in [6, 6.07) is 3.52. The van der Waals surface area contributed by atoms with Gasteiger partial charge in [-0.3, -0.25) is 4.79 Å². The third-order valence-corrected chi connectivity index (χ3v) is 5.38. The van der Waals surface area contributed by atoms with Crippen molar-refractivity contribution in [2.75, 3.05) is 25.9 Å². The molecule has 7 nitrogen and oxygen atoms in total. The molecule has 2 N–H and O–H groups in total. The lowest BCUT2D eigenvalue weighted by atomic mass is 9.96. The second-order valence-corrected chi connectivity index (χ2v) is 8.39. The first-order valence-electron chi connectivity index (χ1n) is 7.65. The van der Waals surface area contributed by atoms with Gasteiger partial charge in [-0.25, -0.2) is 12.7 Å². The predicted octanol–water partition coefficient (Wildman–Crippen LogP) is 0.361. The highest BCUT2D eigenvalue weighted by atomic mass is 32.2. The molecule has 1 fully saturated rings. The van der Waals surface area contributed by atoms with Crippen molar-refractivity contribution >= 4 is 15.9 Å². The van der Waals surface area contributed by atoms with Crippen molar-refractivity contribution in [2.24, 2.45) is 5.92 Å². The molecule has 1 aromatic heterocycles. The molecule has 0 aromatic carbocycles. The Balaban J connectivity index is 1.79. The third-order valence-electron chi connectivity index (χ3n) is 4.07. The molecule has 1 aliphatic rings. The van der Waals surface area contributed by atoms with Crippen molar-refractivity contribution in [3.05, 3.63) is 24.2 Å². The van der Waals surface area contributed by atoms with E-state index in [4.69, 9.17) is 4.42 Å². The van der Waals surface area contributed by atoms with Crippen LogP contribution in [0.25, 0.3) is 0 Å². The minimum absolute atomic E-state index is 0.124. The molecule has 8 heteroatoms. The Morgan fingerprint density at radius 3 is 2.65 bits per heavy atom. The van der Waals surface area contributed by atoms with Crippen LogP contribution in [0.2, 0.25) is 0 Å². The maximum absolute atomic E-state index is 12.2. The largest absolute Gasteiger partial charge is 0.469 e. The molecule has 1 unspecified atom stereocenters. The van der Waals surface area contributed by atoms with E-state index in [0.717, 1.165) is 0 Å². The number of sulfonamides is 1. The van der Waals surface area contributed by atoms with E-state index in [1.54, 1.807) is 25.3 Å². The van der Waals surface area contributed by atoms with Crippen LogP contribution in [0, 0.1) is 5.92 Å². The first kappa shape index (κ1) is 18.0. The van der Waals surface area contributed by atoms with Gasteiger partial charge in [0.1, 0.15) is 5.76 Å². The Bertz CT molecular complexity index is 616. The summed E-state index contributed by atoms with van der Waals surface area (Å²) in [6.45, 7) is 2.49. The van der Waals surface area contributed by atoms with E-state index in [1.807, 2.05) is 0 Å². The van der Waals surface area contributed by atoms with Gasteiger partial charge in [-0.05, 0) is 31.9 Å². The minimum atomic E-state index is -3.19. The van der Waals surface area contributed by atoms with Crippen molar-refractivity contribution in [3.8, 4) is 0 Å². The number of rotatable bonds is 6. The molecule has 23 heavy (non-hydrogen) atoms. The highest BCUT2D eigenvalue weighted by Gasteiger charge is 2.30. The van der Waals surface area contributed by atoms with Crippen LogP contribution in [0.4, 0.5) is 0 Å². The zero-order valence-corrected chi connectivity index (χ0v) is 14.3. The van der Waals surface area contributed by atoms with Gasteiger partial charge < -0.3 is 14.8 Å². The molecule has 2 heterocycles. The number of nitrogens with one attached hydrogen (secondary N) is 1. The highest BCUT2D eigenvalue weighted by molar-refractivity contribution is 7.88. The fourth-order valence-corrected chi connectivity index (χ4v) is 3.60. The van der Waals surface area contributed by atoms with Gasteiger partial charge in [-0.2, -0.15) is 0 Å². The number of nitrogens with zero attached hydrogens (tertiary/aromatic N) is 1.